The molecule has 0 unspecified atom stereocenters. The highest BCUT2D eigenvalue weighted by atomic mass is 16.2. The minimum Gasteiger partial charge on any atom is -0.334 e. The largest absolute Gasteiger partial charge is 0.334 e. The minimum atomic E-state index is 0.0815. The maximum atomic E-state index is 13.7. The number of carbonyl (C=O) groups excluding carboxylic acids is 1. The summed E-state index contributed by atoms with van der Waals surface area (Å²) >= 11 is 0. The number of nitrogens with one attached hydrogen (secondary N) is 2. The lowest BCUT2D eigenvalue weighted by molar-refractivity contribution is 0.0687. The summed E-state index contributed by atoms with van der Waals surface area (Å²) in [6.07, 6.45) is 8.93. The van der Waals surface area contributed by atoms with E-state index < -0.39 is 0 Å². The van der Waals surface area contributed by atoms with Gasteiger partial charge in [-0.05, 0) is 56.8 Å². The maximum Gasteiger partial charge on any atom is 0.255 e. The summed E-state index contributed by atoms with van der Waals surface area (Å²) in [7, 11) is 0. The van der Waals surface area contributed by atoms with Gasteiger partial charge in [-0.2, -0.15) is 5.10 Å². The number of H-pyrrole nitrogens is 1. The summed E-state index contributed by atoms with van der Waals surface area (Å²) in [5.74, 6) is 1.03. The number of piperidine rings is 1. The quantitative estimate of drug-likeness (QED) is 0.715. The van der Waals surface area contributed by atoms with Crippen LogP contribution in [-0.2, 0) is 13.1 Å². The molecule has 2 N–H and O–H groups in total. The highest BCUT2D eigenvalue weighted by Crippen LogP contribution is 2.56. The van der Waals surface area contributed by atoms with Crippen molar-refractivity contribution in [1.82, 2.24) is 30.0 Å². The van der Waals surface area contributed by atoms with Gasteiger partial charge in [-0.25, -0.2) is 4.98 Å². The fourth-order valence-corrected chi connectivity index (χ4v) is 4.79. The lowest BCUT2D eigenvalue weighted by atomic mass is 9.93. The molecule has 146 valence electrons. The highest BCUT2D eigenvalue weighted by Gasteiger charge is 2.58. The van der Waals surface area contributed by atoms with Crippen molar-refractivity contribution in [2.24, 2.45) is 5.41 Å². The lowest BCUT2D eigenvalue weighted by Crippen LogP contribution is -2.39. The molecule has 1 aromatic carbocycles. The van der Waals surface area contributed by atoms with Crippen molar-refractivity contribution in [3.63, 3.8) is 0 Å². The number of benzene rings is 1. The Morgan fingerprint density at radius 1 is 1.36 bits per heavy atom. The average Bonchev–Trinajstić information content (AvgIpc) is 3.09. The van der Waals surface area contributed by atoms with Gasteiger partial charge in [0.15, 0.2) is 0 Å². The van der Waals surface area contributed by atoms with Crippen molar-refractivity contribution < 1.29 is 4.79 Å². The van der Waals surface area contributed by atoms with Crippen molar-refractivity contribution in [3.8, 4) is 0 Å². The molecule has 5 rings (SSSR count). The first-order chi connectivity index (χ1) is 13.7. The number of hydrogen-bond donors (Lipinski definition) is 2. The molecule has 0 radical (unpaired) electrons. The molecule has 1 aliphatic heterocycles. The fourth-order valence-electron chi connectivity index (χ4n) is 4.79. The molecule has 0 bridgehead atoms. The van der Waals surface area contributed by atoms with Crippen LogP contribution in [0.2, 0.25) is 0 Å². The molecule has 1 spiro atoms. The number of imidazole rings is 1. The zero-order chi connectivity index (χ0) is 19.1. The molecule has 2 fully saturated rings. The Kier molecular flexibility index (Phi) is 4.19. The Morgan fingerprint density at radius 2 is 2.21 bits per heavy atom. The van der Waals surface area contributed by atoms with E-state index in [0.717, 1.165) is 61.2 Å². The number of aromatic nitrogens is 4. The molecule has 1 saturated heterocycles. The zero-order valence-electron chi connectivity index (χ0n) is 16.2. The Labute approximate surface area is 164 Å². The van der Waals surface area contributed by atoms with E-state index in [9.17, 15) is 4.79 Å². The first-order valence-corrected chi connectivity index (χ1v) is 10.2. The van der Waals surface area contributed by atoms with Gasteiger partial charge >= 0.3 is 0 Å². The molecule has 1 amide bonds. The zero-order valence-corrected chi connectivity index (χ0v) is 16.2. The van der Waals surface area contributed by atoms with E-state index in [-0.39, 0.29) is 17.4 Å². The second-order valence-corrected chi connectivity index (χ2v) is 8.03. The average molecular weight is 378 g/mol. The summed E-state index contributed by atoms with van der Waals surface area (Å²) < 4.78 is 2.12. The summed E-state index contributed by atoms with van der Waals surface area (Å²) in [5, 5.41) is 11.4. The number of fused-ring (bicyclic) bond motifs is 1. The van der Waals surface area contributed by atoms with Crippen LogP contribution in [0.25, 0.3) is 10.9 Å². The van der Waals surface area contributed by atoms with Crippen LogP contribution >= 0.6 is 0 Å². The number of aryl methyl sites for hydroxylation is 1. The van der Waals surface area contributed by atoms with Crippen molar-refractivity contribution in [2.75, 3.05) is 13.1 Å². The van der Waals surface area contributed by atoms with E-state index in [4.69, 9.17) is 0 Å². The van der Waals surface area contributed by atoms with Crippen LogP contribution in [0.1, 0.15) is 42.4 Å². The van der Waals surface area contributed by atoms with Gasteiger partial charge in [0.05, 0.1) is 23.8 Å². The third-order valence-electron chi connectivity index (χ3n) is 6.55. The van der Waals surface area contributed by atoms with Gasteiger partial charge in [-0.15, -0.1) is 0 Å². The van der Waals surface area contributed by atoms with Crippen molar-refractivity contribution in [1.29, 1.82) is 0 Å². The van der Waals surface area contributed by atoms with Crippen molar-refractivity contribution >= 4 is 16.8 Å². The van der Waals surface area contributed by atoms with E-state index in [1.54, 1.807) is 6.20 Å². The lowest BCUT2D eigenvalue weighted by Gasteiger charge is -2.30. The molecule has 2 aliphatic rings. The third kappa shape index (κ3) is 2.81. The molecule has 7 heteroatoms. The molecule has 2 aromatic heterocycles. The van der Waals surface area contributed by atoms with Gasteiger partial charge in [0.25, 0.3) is 5.91 Å². The van der Waals surface area contributed by atoms with Gasteiger partial charge in [0.2, 0.25) is 0 Å². The van der Waals surface area contributed by atoms with Crippen molar-refractivity contribution in [3.05, 3.63) is 48.2 Å². The predicted molar refractivity (Wildman–Crippen MR) is 107 cm³/mol. The molecule has 3 heterocycles. The van der Waals surface area contributed by atoms with Crippen LogP contribution in [0.15, 0.2) is 36.8 Å². The number of rotatable bonds is 5. The molecule has 1 atom stereocenters. The molecule has 1 aliphatic carbocycles. The highest BCUT2D eigenvalue weighted by molar-refractivity contribution is 6.06. The number of carbonyl (C=O) groups is 1. The number of hydrogen-bond acceptors (Lipinski definition) is 4. The van der Waals surface area contributed by atoms with Gasteiger partial charge in [-0.3, -0.25) is 9.89 Å². The Hall–Kier alpha value is -2.67. The van der Waals surface area contributed by atoms with Crippen LogP contribution in [0.3, 0.4) is 0 Å². The van der Waals surface area contributed by atoms with Crippen LogP contribution in [-0.4, -0.2) is 49.7 Å². The normalized spacial score (nSPS) is 20.5. The molecule has 3 aromatic rings. The Bertz CT molecular complexity index is 999. The van der Waals surface area contributed by atoms with Crippen LogP contribution in [0.4, 0.5) is 0 Å². The Balaban J connectivity index is 1.50. The van der Waals surface area contributed by atoms with E-state index >= 15 is 0 Å². The van der Waals surface area contributed by atoms with Gasteiger partial charge in [0, 0.05) is 30.4 Å². The first-order valence-electron chi connectivity index (χ1n) is 10.2. The molecular formula is C21H26N6O. The maximum absolute atomic E-state index is 13.7. The smallest absolute Gasteiger partial charge is 0.255 e. The minimum absolute atomic E-state index is 0.0815. The standard InChI is InChI=1S/C21H26N6O/c1-2-26-11-10-23-19(26)14-27(18-12-21(18)6-8-22-9-7-21)20(28)15-4-3-5-17-16(15)13-24-25-17/h3-5,10-11,13,18,22H,2,6-9,12,14H2,1H3,(H,24,25)/t18-/m1/s1. The van der Waals surface area contributed by atoms with Crippen LogP contribution in [0.5, 0.6) is 0 Å². The third-order valence-corrected chi connectivity index (χ3v) is 6.55. The van der Waals surface area contributed by atoms with E-state index in [0.29, 0.717) is 6.54 Å². The second-order valence-electron chi connectivity index (χ2n) is 8.03. The van der Waals surface area contributed by atoms with E-state index in [1.807, 2.05) is 30.6 Å². The van der Waals surface area contributed by atoms with Crippen molar-refractivity contribution in [2.45, 2.75) is 45.3 Å². The number of amides is 1. The predicted octanol–water partition coefficient (Wildman–Crippen LogP) is 2.56. The van der Waals surface area contributed by atoms with E-state index in [1.165, 1.54) is 0 Å². The molecular weight excluding hydrogens is 352 g/mol. The molecule has 7 nitrogen and oxygen atoms in total. The fraction of sp³-hybridized carbons (Fsp3) is 0.476. The molecule has 28 heavy (non-hydrogen) atoms. The van der Waals surface area contributed by atoms with Gasteiger partial charge < -0.3 is 14.8 Å². The first kappa shape index (κ1) is 17.4. The monoisotopic (exact) mass is 378 g/mol. The summed E-state index contributed by atoms with van der Waals surface area (Å²) in [4.78, 5) is 20.3. The number of aromatic amines is 1. The topological polar surface area (TPSA) is 78.8 Å². The summed E-state index contributed by atoms with van der Waals surface area (Å²) in [5.41, 5.74) is 1.89. The Morgan fingerprint density at radius 3 is 3.04 bits per heavy atom. The van der Waals surface area contributed by atoms with Gasteiger partial charge in [-0.1, -0.05) is 6.07 Å². The summed E-state index contributed by atoms with van der Waals surface area (Å²) in [6.45, 7) is 5.59. The second kappa shape index (κ2) is 6.74. The van der Waals surface area contributed by atoms with Crippen LogP contribution in [0, 0.1) is 5.41 Å². The van der Waals surface area contributed by atoms with Gasteiger partial charge in [0.1, 0.15) is 5.82 Å². The van der Waals surface area contributed by atoms with Crippen LogP contribution < -0.4 is 5.32 Å². The summed E-state index contributed by atoms with van der Waals surface area (Å²) in [6, 6.07) is 6.08. The molecule has 1 saturated carbocycles. The SMILES string of the molecule is CCn1ccnc1CN(C(=O)c1cccc2[nH]ncc12)[C@@H]1CC12CCNCC2. The van der Waals surface area contributed by atoms with E-state index in [2.05, 4.69) is 36.9 Å². The number of nitrogens with zero attached hydrogens (tertiary/aromatic N) is 4.